The van der Waals surface area contributed by atoms with Crippen molar-refractivity contribution in [2.45, 2.75) is 63.5 Å². The van der Waals surface area contributed by atoms with Crippen LogP contribution < -0.4 is 14.8 Å². The fourth-order valence-corrected chi connectivity index (χ4v) is 4.71. The standard InChI is InChI=1S/C21H30N2O3/c1-16(17-7-8-18-19(15-17)26-14-13-25-18)22-20(24)21(9-3-2-4-10-21)23-11-5-6-12-23/h7-8,15-16H,2-6,9-14H2,1H3,(H,22,24). The van der Waals surface area contributed by atoms with Crippen LogP contribution in [0.15, 0.2) is 18.2 Å². The van der Waals surface area contributed by atoms with Gasteiger partial charge in [0.15, 0.2) is 11.5 Å². The Labute approximate surface area is 156 Å². The van der Waals surface area contributed by atoms with Crippen LogP contribution in [0.2, 0.25) is 0 Å². The van der Waals surface area contributed by atoms with Crippen LogP contribution in [0, 0.1) is 0 Å². The van der Waals surface area contributed by atoms with Crippen molar-refractivity contribution in [3.05, 3.63) is 23.8 Å². The molecule has 1 atom stereocenters. The minimum atomic E-state index is -0.295. The highest BCUT2D eigenvalue weighted by molar-refractivity contribution is 5.87. The van der Waals surface area contributed by atoms with Gasteiger partial charge in [-0.25, -0.2) is 0 Å². The predicted octanol–water partition coefficient (Wildman–Crippen LogP) is 3.43. The highest BCUT2D eigenvalue weighted by Crippen LogP contribution is 2.37. The lowest BCUT2D eigenvalue weighted by Gasteiger charge is -2.43. The van der Waals surface area contributed by atoms with Crippen LogP contribution in [0.3, 0.4) is 0 Å². The summed E-state index contributed by atoms with van der Waals surface area (Å²) in [6.45, 7) is 5.35. The molecule has 0 aromatic heterocycles. The van der Waals surface area contributed by atoms with Crippen LogP contribution in [0.25, 0.3) is 0 Å². The lowest BCUT2D eigenvalue weighted by atomic mass is 9.79. The first-order valence-corrected chi connectivity index (χ1v) is 10.1. The first-order chi connectivity index (χ1) is 12.7. The molecule has 5 heteroatoms. The predicted molar refractivity (Wildman–Crippen MR) is 101 cm³/mol. The summed E-state index contributed by atoms with van der Waals surface area (Å²) in [6, 6.07) is 5.94. The molecular formula is C21H30N2O3. The maximum Gasteiger partial charge on any atom is 0.240 e. The molecule has 0 bridgehead atoms. The number of amides is 1. The molecule has 1 amide bonds. The van der Waals surface area contributed by atoms with Crippen molar-refractivity contribution in [1.82, 2.24) is 10.2 Å². The molecule has 0 spiro atoms. The summed E-state index contributed by atoms with van der Waals surface area (Å²) in [7, 11) is 0. The van der Waals surface area contributed by atoms with E-state index in [1.807, 2.05) is 18.2 Å². The average Bonchev–Trinajstić information content (AvgIpc) is 3.23. The first-order valence-electron chi connectivity index (χ1n) is 10.1. The normalized spacial score (nSPS) is 23.4. The molecule has 2 heterocycles. The molecule has 4 rings (SSSR count). The first kappa shape index (κ1) is 17.7. The van der Waals surface area contributed by atoms with Gasteiger partial charge in [-0.2, -0.15) is 0 Å². The number of nitrogens with zero attached hydrogens (tertiary/aromatic N) is 1. The smallest absolute Gasteiger partial charge is 0.240 e. The van der Waals surface area contributed by atoms with E-state index in [9.17, 15) is 4.79 Å². The summed E-state index contributed by atoms with van der Waals surface area (Å²) < 4.78 is 11.3. The molecule has 1 unspecified atom stereocenters. The van der Waals surface area contributed by atoms with Gasteiger partial charge in [0.2, 0.25) is 5.91 Å². The number of carbonyl (C=O) groups excluding carboxylic acids is 1. The Bertz CT molecular complexity index is 649. The molecule has 3 aliphatic rings. The number of ether oxygens (including phenoxy) is 2. The highest BCUT2D eigenvalue weighted by atomic mass is 16.6. The molecular weight excluding hydrogens is 328 g/mol. The largest absolute Gasteiger partial charge is 0.486 e. The minimum Gasteiger partial charge on any atom is -0.486 e. The molecule has 1 saturated heterocycles. The van der Waals surface area contributed by atoms with Crippen molar-refractivity contribution in [3.63, 3.8) is 0 Å². The summed E-state index contributed by atoms with van der Waals surface area (Å²) in [5, 5.41) is 3.31. The van der Waals surface area contributed by atoms with Crippen molar-refractivity contribution in [1.29, 1.82) is 0 Å². The molecule has 5 nitrogen and oxygen atoms in total. The van der Waals surface area contributed by atoms with Gasteiger partial charge in [0.1, 0.15) is 18.8 Å². The van der Waals surface area contributed by atoms with Crippen LogP contribution in [-0.4, -0.2) is 42.6 Å². The van der Waals surface area contributed by atoms with E-state index in [1.165, 1.54) is 19.3 Å². The van der Waals surface area contributed by atoms with E-state index in [2.05, 4.69) is 17.1 Å². The van der Waals surface area contributed by atoms with E-state index in [4.69, 9.17) is 9.47 Å². The summed E-state index contributed by atoms with van der Waals surface area (Å²) in [6.07, 6.45) is 7.98. The monoisotopic (exact) mass is 358 g/mol. The lowest BCUT2D eigenvalue weighted by molar-refractivity contribution is -0.136. The Kier molecular flexibility index (Phi) is 5.07. The number of nitrogens with one attached hydrogen (secondary N) is 1. The number of fused-ring (bicyclic) bond motifs is 1. The maximum atomic E-state index is 13.4. The zero-order chi connectivity index (χ0) is 18.0. The van der Waals surface area contributed by atoms with Crippen LogP contribution in [-0.2, 0) is 4.79 Å². The van der Waals surface area contributed by atoms with Gasteiger partial charge < -0.3 is 14.8 Å². The summed E-state index contributed by atoms with van der Waals surface area (Å²) in [5.41, 5.74) is 0.770. The Morgan fingerprint density at radius 1 is 1.04 bits per heavy atom. The van der Waals surface area contributed by atoms with Crippen molar-refractivity contribution in [3.8, 4) is 11.5 Å². The third kappa shape index (κ3) is 3.29. The Morgan fingerprint density at radius 3 is 2.46 bits per heavy atom. The van der Waals surface area contributed by atoms with Gasteiger partial charge in [-0.1, -0.05) is 25.3 Å². The fourth-order valence-electron chi connectivity index (χ4n) is 4.71. The Morgan fingerprint density at radius 2 is 1.73 bits per heavy atom. The van der Waals surface area contributed by atoms with E-state index in [1.54, 1.807) is 0 Å². The molecule has 2 fully saturated rings. The van der Waals surface area contributed by atoms with E-state index in [0.29, 0.717) is 13.2 Å². The third-order valence-electron chi connectivity index (χ3n) is 6.23. The average molecular weight is 358 g/mol. The van der Waals surface area contributed by atoms with Gasteiger partial charge in [0.05, 0.1) is 6.04 Å². The van der Waals surface area contributed by atoms with Crippen molar-refractivity contribution >= 4 is 5.91 Å². The van der Waals surface area contributed by atoms with Gasteiger partial charge >= 0.3 is 0 Å². The van der Waals surface area contributed by atoms with Gasteiger partial charge in [0.25, 0.3) is 0 Å². The van der Waals surface area contributed by atoms with E-state index >= 15 is 0 Å². The van der Waals surface area contributed by atoms with Crippen LogP contribution in [0.1, 0.15) is 63.5 Å². The second kappa shape index (κ2) is 7.47. The van der Waals surface area contributed by atoms with Crippen LogP contribution >= 0.6 is 0 Å². The van der Waals surface area contributed by atoms with Crippen LogP contribution in [0.4, 0.5) is 0 Å². The van der Waals surface area contributed by atoms with Gasteiger partial charge in [-0.3, -0.25) is 9.69 Å². The number of likely N-dealkylation sites (tertiary alicyclic amines) is 1. The summed E-state index contributed by atoms with van der Waals surface area (Å²) in [4.78, 5) is 15.8. The second-order valence-electron chi connectivity index (χ2n) is 7.88. The van der Waals surface area contributed by atoms with E-state index < -0.39 is 0 Å². The second-order valence-corrected chi connectivity index (χ2v) is 7.88. The SMILES string of the molecule is CC(NC(=O)C1(N2CCCC2)CCCCC1)c1ccc2c(c1)OCCO2. The number of hydrogen-bond donors (Lipinski definition) is 1. The molecule has 1 aliphatic carbocycles. The van der Waals surface area contributed by atoms with E-state index in [0.717, 1.165) is 55.8 Å². The number of rotatable bonds is 4. The van der Waals surface area contributed by atoms with E-state index in [-0.39, 0.29) is 17.5 Å². The topological polar surface area (TPSA) is 50.8 Å². The van der Waals surface area contributed by atoms with Gasteiger partial charge in [-0.05, 0) is 63.4 Å². The zero-order valence-corrected chi connectivity index (χ0v) is 15.8. The van der Waals surface area contributed by atoms with Gasteiger partial charge in [-0.15, -0.1) is 0 Å². The number of benzene rings is 1. The van der Waals surface area contributed by atoms with Crippen molar-refractivity contribution in [2.24, 2.45) is 0 Å². The highest BCUT2D eigenvalue weighted by Gasteiger charge is 2.45. The molecule has 0 radical (unpaired) electrons. The maximum absolute atomic E-state index is 13.4. The molecule has 2 aliphatic heterocycles. The third-order valence-corrected chi connectivity index (χ3v) is 6.23. The summed E-state index contributed by atoms with van der Waals surface area (Å²) in [5.74, 6) is 1.78. The Hall–Kier alpha value is -1.75. The van der Waals surface area contributed by atoms with Crippen LogP contribution in [0.5, 0.6) is 11.5 Å². The van der Waals surface area contributed by atoms with Gasteiger partial charge in [0, 0.05) is 0 Å². The quantitative estimate of drug-likeness (QED) is 0.896. The summed E-state index contributed by atoms with van der Waals surface area (Å²) >= 11 is 0. The molecule has 1 saturated carbocycles. The molecule has 1 aromatic carbocycles. The Balaban J connectivity index is 1.50. The molecule has 142 valence electrons. The lowest BCUT2D eigenvalue weighted by Crippen LogP contribution is -2.59. The number of carbonyl (C=O) groups is 1. The molecule has 26 heavy (non-hydrogen) atoms. The van der Waals surface area contributed by atoms with Crippen molar-refractivity contribution in [2.75, 3.05) is 26.3 Å². The molecule has 1 aromatic rings. The zero-order valence-electron chi connectivity index (χ0n) is 15.8. The molecule has 1 N–H and O–H groups in total. The van der Waals surface area contributed by atoms with Crippen molar-refractivity contribution < 1.29 is 14.3 Å². The number of hydrogen-bond acceptors (Lipinski definition) is 4. The minimum absolute atomic E-state index is 0.0419. The fraction of sp³-hybridized carbons (Fsp3) is 0.667.